The van der Waals surface area contributed by atoms with Gasteiger partial charge in [-0.3, -0.25) is 4.79 Å². The molecule has 1 aromatic carbocycles. The van der Waals surface area contributed by atoms with Crippen LogP contribution in [0.2, 0.25) is 0 Å². The van der Waals surface area contributed by atoms with Crippen molar-refractivity contribution in [3.63, 3.8) is 0 Å². The Bertz CT molecular complexity index is 890. The van der Waals surface area contributed by atoms with Crippen LogP contribution in [0.4, 0.5) is 5.69 Å². The van der Waals surface area contributed by atoms with Crippen LogP contribution in [0.5, 0.6) is 0 Å². The number of sulfonamides is 1. The number of anilines is 1. The zero-order valence-electron chi connectivity index (χ0n) is 15.5. The van der Waals surface area contributed by atoms with Crippen LogP contribution >= 0.6 is 0 Å². The molecule has 4 rings (SSSR count). The van der Waals surface area contributed by atoms with Crippen LogP contribution in [0.15, 0.2) is 48.6 Å². The van der Waals surface area contributed by atoms with Gasteiger partial charge in [0, 0.05) is 18.8 Å². The summed E-state index contributed by atoms with van der Waals surface area (Å²) < 4.78 is 38.1. The molecular formula is C20H24N2O5S. The third kappa shape index (κ3) is 4.35. The SMILES string of the molecule is O=C(Nc1cccc(CS(=O)(=O)N2CCCC2)c1)[C@@H]1CO[C@@H]2C=CC=C[C@H]2O1. The van der Waals surface area contributed by atoms with E-state index >= 15 is 0 Å². The van der Waals surface area contributed by atoms with Gasteiger partial charge < -0.3 is 14.8 Å². The van der Waals surface area contributed by atoms with E-state index < -0.39 is 16.1 Å². The zero-order chi connectivity index (χ0) is 19.6. The second-order valence-corrected chi connectivity index (χ2v) is 9.18. The molecule has 2 fully saturated rings. The normalized spacial score (nSPS) is 27.5. The number of fused-ring (bicyclic) bond motifs is 1. The molecule has 0 saturated carbocycles. The quantitative estimate of drug-likeness (QED) is 0.809. The highest BCUT2D eigenvalue weighted by Crippen LogP contribution is 2.22. The minimum atomic E-state index is -3.33. The predicted octanol–water partition coefficient (Wildman–Crippen LogP) is 1.83. The van der Waals surface area contributed by atoms with E-state index in [2.05, 4.69) is 5.32 Å². The summed E-state index contributed by atoms with van der Waals surface area (Å²) in [6.45, 7) is 1.35. The van der Waals surface area contributed by atoms with E-state index in [-0.39, 0.29) is 30.5 Å². The Labute approximate surface area is 165 Å². The van der Waals surface area contributed by atoms with Crippen LogP contribution in [-0.2, 0) is 30.0 Å². The first-order valence-corrected chi connectivity index (χ1v) is 11.1. The Kier molecular flexibility index (Phi) is 5.63. The molecule has 150 valence electrons. The summed E-state index contributed by atoms with van der Waals surface area (Å²) in [5.74, 6) is -0.373. The lowest BCUT2D eigenvalue weighted by molar-refractivity contribution is -0.164. The predicted molar refractivity (Wildman–Crippen MR) is 105 cm³/mol. The third-order valence-electron chi connectivity index (χ3n) is 5.09. The van der Waals surface area contributed by atoms with Gasteiger partial charge in [0.2, 0.25) is 10.0 Å². The molecule has 8 heteroatoms. The number of ether oxygens (including phenoxy) is 2. The van der Waals surface area contributed by atoms with E-state index in [1.807, 2.05) is 24.3 Å². The molecule has 0 bridgehead atoms. The summed E-state index contributed by atoms with van der Waals surface area (Å²) in [6.07, 6.45) is 8.21. The zero-order valence-corrected chi connectivity index (χ0v) is 16.3. The van der Waals surface area contributed by atoms with E-state index in [0.29, 0.717) is 24.3 Å². The van der Waals surface area contributed by atoms with Crippen molar-refractivity contribution in [1.82, 2.24) is 4.31 Å². The first kappa shape index (κ1) is 19.3. The Morgan fingerprint density at radius 1 is 1.14 bits per heavy atom. The van der Waals surface area contributed by atoms with Crippen molar-refractivity contribution < 1.29 is 22.7 Å². The standard InChI is InChI=1S/C20H24N2O5S/c23-20(19-13-26-17-8-1-2-9-18(17)27-19)21-16-7-5-6-15(12-16)14-28(24,25)22-10-3-4-11-22/h1-2,5-9,12,17-19H,3-4,10-11,13-14H2,(H,21,23)/t17-,18-,19+/m1/s1. The minimum absolute atomic E-state index is 0.0688. The largest absolute Gasteiger partial charge is 0.368 e. The fourth-order valence-electron chi connectivity index (χ4n) is 3.63. The van der Waals surface area contributed by atoms with Crippen LogP contribution < -0.4 is 5.32 Å². The molecule has 0 aromatic heterocycles. The molecule has 2 heterocycles. The molecule has 28 heavy (non-hydrogen) atoms. The molecule has 1 N–H and O–H groups in total. The number of carbonyl (C=O) groups excluding carboxylic acids is 1. The summed E-state index contributed by atoms with van der Waals surface area (Å²) in [5, 5.41) is 2.81. The van der Waals surface area contributed by atoms with E-state index in [0.717, 1.165) is 12.8 Å². The first-order chi connectivity index (χ1) is 13.5. The van der Waals surface area contributed by atoms with Crippen molar-refractivity contribution in [3.8, 4) is 0 Å². The highest BCUT2D eigenvalue weighted by molar-refractivity contribution is 7.88. The van der Waals surface area contributed by atoms with Crippen molar-refractivity contribution in [1.29, 1.82) is 0 Å². The molecule has 3 aliphatic rings. The molecule has 2 aliphatic heterocycles. The van der Waals surface area contributed by atoms with Gasteiger partial charge in [-0.2, -0.15) is 0 Å². The lowest BCUT2D eigenvalue weighted by Crippen LogP contribution is -2.47. The lowest BCUT2D eigenvalue weighted by Gasteiger charge is -2.34. The molecule has 7 nitrogen and oxygen atoms in total. The topological polar surface area (TPSA) is 84.9 Å². The van der Waals surface area contributed by atoms with E-state index in [9.17, 15) is 13.2 Å². The Morgan fingerprint density at radius 2 is 1.89 bits per heavy atom. The van der Waals surface area contributed by atoms with Crippen molar-refractivity contribution in [2.24, 2.45) is 0 Å². The second kappa shape index (κ2) is 8.16. The van der Waals surface area contributed by atoms with Gasteiger partial charge in [-0.15, -0.1) is 0 Å². The smallest absolute Gasteiger partial charge is 0.255 e. The van der Waals surface area contributed by atoms with Crippen LogP contribution in [0.1, 0.15) is 18.4 Å². The Balaban J connectivity index is 1.38. The van der Waals surface area contributed by atoms with Gasteiger partial charge in [-0.25, -0.2) is 12.7 Å². The summed E-state index contributed by atoms with van der Waals surface area (Å²) in [6, 6.07) is 6.93. The maximum atomic E-state index is 12.6. The van der Waals surface area contributed by atoms with Crippen molar-refractivity contribution in [3.05, 3.63) is 54.1 Å². The number of hydrogen-bond donors (Lipinski definition) is 1. The summed E-state index contributed by atoms with van der Waals surface area (Å²) >= 11 is 0. The van der Waals surface area contributed by atoms with Crippen LogP contribution in [0.3, 0.4) is 0 Å². The number of rotatable bonds is 5. The van der Waals surface area contributed by atoms with Crippen molar-refractivity contribution in [2.45, 2.75) is 36.9 Å². The highest BCUT2D eigenvalue weighted by atomic mass is 32.2. The number of benzene rings is 1. The van der Waals surface area contributed by atoms with Gasteiger partial charge in [0.15, 0.2) is 6.10 Å². The summed E-state index contributed by atoms with van der Waals surface area (Å²) in [7, 11) is -3.33. The number of nitrogens with one attached hydrogen (secondary N) is 1. The molecule has 1 aliphatic carbocycles. The molecule has 2 saturated heterocycles. The number of amides is 1. The van der Waals surface area contributed by atoms with E-state index in [4.69, 9.17) is 9.47 Å². The van der Waals surface area contributed by atoms with Gasteiger partial charge in [0.25, 0.3) is 5.91 Å². The van der Waals surface area contributed by atoms with Gasteiger partial charge in [0.05, 0.1) is 12.4 Å². The van der Waals surface area contributed by atoms with Crippen molar-refractivity contribution in [2.75, 3.05) is 25.0 Å². The average Bonchev–Trinajstić information content (AvgIpc) is 3.23. The monoisotopic (exact) mass is 404 g/mol. The number of nitrogens with zero attached hydrogens (tertiary/aromatic N) is 1. The molecular weight excluding hydrogens is 380 g/mol. The molecule has 1 aromatic rings. The number of hydrogen-bond acceptors (Lipinski definition) is 5. The highest BCUT2D eigenvalue weighted by Gasteiger charge is 2.34. The molecule has 3 atom stereocenters. The fourth-order valence-corrected chi connectivity index (χ4v) is 5.23. The van der Waals surface area contributed by atoms with Gasteiger partial charge in [0.1, 0.15) is 12.2 Å². The summed E-state index contributed by atoms with van der Waals surface area (Å²) in [4.78, 5) is 12.6. The first-order valence-electron chi connectivity index (χ1n) is 9.51. The van der Waals surface area contributed by atoms with Crippen LogP contribution in [0.25, 0.3) is 0 Å². The Hall–Kier alpha value is -2.00. The fraction of sp³-hybridized carbons (Fsp3) is 0.450. The van der Waals surface area contributed by atoms with Gasteiger partial charge in [-0.05, 0) is 30.5 Å². The number of carbonyl (C=O) groups is 1. The van der Waals surface area contributed by atoms with Gasteiger partial charge >= 0.3 is 0 Å². The molecule has 0 spiro atoms. The lowest BCUT2D eigenvalue weighted by atomic mass is 10.1. The minimum Gasteiger partial charge on any atom is -0.368 e. The number of allylic oxidation sites excluding steroid dienone is 2. The Morgan fingerprint density at radius 3 is 2.68 bits per heavy atom. The second-order valence-electron chi connectivity index (χ2n) is 7.21. The maximum Gasteiger partial charge on any atom is 0.255 e. The van der Waals surface area contributed by atoms with Gasteiger partial charge in [-0.1, -0.05) is 36.4 Å². The van der Waals surface area contributed by atoms with E-state index in [1.54, 1.807) is 24.3 Å². The van der Waals surface area contributed by atoms with E-state index in [1.165, 1.54) is 4.31 Å². The average molecular weight is 404 g/mol. The molecule has 1 amide bonds. The molecule has 0 unspecified atom stereocenters. The van der Waals surface area contributed by atoms with Crippen molar-refractivity contribution >= 4 is 21.6 Å². The maximum absolute atomic E-state index is 12.6. The summed E-state index contributed by atoms with van der Waals surface area (Å²) in [5.41, 5.74) is 1.19. The third-order valence-corrected chi connectivity index (χ3v) is 6.94. The van der Waals surface area contributed by atoms with Crippen LogP contribution in [0, 0.1) is 0 Å². The van der Waals surface area contributed by atoms with Crippen LogP contribution in [-0.4, -0.2) is 56.6 Å². The molecule has 0 radical (unpaired) electrons.